The van der Waals surface area contributed by atoms with E-state index in [1.165, 1.54) is 360 Å². The summed E-state index contributed by atoms with van der Waals surface area (Å²) in [7, 11) is 0. The van der Waals surface area contributed by atoms with Gasteiger partial charge < -0.3 is 20.3 Å². The van der Waals surface area contributed by atoms with Crippen LogP contribution in [0, 0.1) is 0 Å². The zero-order chi connectivity index (χ0) is 62.8. The maximum Gasteiger partial charge on any atom is 0.305 e. The number of ether oxygens (including phenoxy) is 1. The number of amides is 1. The van der Waals surface area contributed by atoms with Gasteiger partial charge in [0.25, 0.3) is 0 Å². The van der Waals surface area contributed by atoms with Crippen LogP contribution in [-0.4, -0.2) is 47.4 Å². The minimum absolute atomic E-state index is 0.0121. The van der Waals surface area contributed by atoms with Crippen LogP contribution in [0.4, 0.5) is 0 Å². The third-order valence-electron chi connectivity index (χ3n) is 18.7. The quantitative estimate of drug-likeness (QED) is 0.0320. The van der Waals surface area contributed by atoms with Gasteiger partial charge in [0.15, 0.2) is 0 Å². The molecule has 2 unspecified atom stereocenters. The molecule has 0 aromatic heterocycles. The minimum atomic E-state index is -0.663. The summed E-state index contributed by atoms with van der Waals surface area (Å²) in [5, 5.41) is 23.4. The molecule has 3 N–H and O–H groups in total. The van der Waals surface area contributed by atoms with Crippen molar-refractivity contribution in [3.05, 3.63) is 36.5 Å². The predicted molar refractivity (Wildman–Crippen MR) is 384 cm³/mol. The number of hydrogen-bond acceptors (Lipinski definition) is 5. The topological polar surface area (TPSA) is 95.9 Å². The molecule has 0 heterocycles. The van der Waals surface area contributed by atoms with Crippen molar-refractivity contribution < 1.29 is 24.5 Å². The van der Waals surface area contributed by atoms with Gasteiger partial charge in [-0.1, -0.05) is 384 Å². The molecule has 0 aromatic rings. The van der Waals surface area contributed by atoms with Crippen LogP contribution in [0.15, 0.2) is 36.5 Å². The van der Waals surface area contributed by atoms with E-state index in [2.05, 4.69) is 55.6 Å². The monoisotopic (exact) mass is 1220 g/mol. The maximum atomic E-state index is 12.6. The summed E-state index contributed by atoms with van der Waals surface area (Å²) in [4.78, 5) is 24.7. The minimum Gasteiger partial charge on any atom is -0.466 e. The molecule has 0 aliphatic heterocycles. The Hall–Kier alpha value is -1.92. The molecule has 0 saturated heterocycles. The molecule has 6 heteroatoms. The molecule has 87 heavy (non-hydrogen) atoms. The van der Waals surface area contributed by atoms with Gasteiger partial charge in [-0.3, -0.25) is 9.59 Å². The highest BCUT2D eigenvalue weighted by Gasteiger charge is 2.20. The van der Waals surface area contributed by atoms with Crippen LogP contribution in [0.1, 0.15) is 444 Å². The molecular formula is C81H155NO5. The summed E-state index contributed by atoms with van der Waals surface area (Å²) < 4.78 is 5.51. The SMILES string of the molecule is CCCCCC/C=C\C/C=C\CCCCCCCCCC(=O)OCCCCCCCCCCCCCC/C=C\CCCCCCCCCCCCCCCCCCCC(=O)NC(CO)C(O)CCCCCCCCCCCCCCCCCCCCC. The standard InChI is InChI=1S/C81H155NO5/c1-3-5-7-9-11-13-15-17-19-21-38-41-45-49-53-57-61-65-69-73-79(84)78(77-83)82-80(85)74-70-66-62-58-54-50-46-42-39-36-34-32-30-28-26-24-23-25-27-29-31-33-35-37-40-44-48-52-56-60-64-68-72-76-87-81(86)75-71-67-63-59-55-51-47-43-22-20-18-16-14-12-10-8-6-4-2/h14,16,20,22,27,29,78-79,83-84H,3-13,15,17-19,21,23-26,28,30-77H2,1-2H3,(H,82,85)/b16-14-,22-20-,29-27-. The van der Waals surface area contributed by atoms with Crippen LogP contribution in [0.2, 0.25) is 0 Å². The smallest absolute Gasteiger partial charge is 0.305 e. The number of rotatable bonds is 75. The normalized spacial score (nSPS) is 12.6. The molecule has 514 valence electrons. The van der Waals surface area contributed by atoms with Crippen LogP contribution in [0.3, 0.4) is 0 Å². The number of aliphatic hydroxyl groups is 2. The van der Waals surface area contributed by atoms with Crippen molar-refractivity contribution in [2.45, 2.75) is 456 Å². The Morgan fingerprint density at radius 3 is 0.897 bits per heavy atom. The van der Waals surface area contributed by atoms with Crippen molar-refractivity contribution >= 4 is 11.9 Å². The Morgan fingerprint density at radius 2 is 0.575 bits per heavy atom. The van der Waals surface area contributed by atoms with E-state index >= 15 is 0 Å². The van der Waals surface area contributed by atoms with Gasteiger partial charge in [-0.15, -0.1) is 0 Å². The van der Waals surface area contributed by atoms with Gasteiger partial charge in [-0.05, 0) is 83.5 Å². The molecule has 6 nitrogen and oxygen atoms in total. The number of allylic oxidation sites excluding steroid dienone is 6. The summed E-state index contributed by atoms with van der Waals surface area (Å²) in [6, 6.07) is -0.540. The summed E-state index contributed by atoms with van der Waals surface area (Å²) in [6.07, 6.45) is 99.5. The van der Waals surface area contributed by atoms with E-state index in [9.17, 15) is 19.8 Å². The first-order valence-electron chi connectivity index (χ1n) is 39.7. The maximum absolute atomic E-state index is 12.6. The Balaban J connectivity index is 3.35. The van der Waals surface area contributed by atoms with Crippen LogP contribution in [-0.2, 0) is 14.3 Å². The van der Waals surface area contributed by atoms with Crippen LogP contribution < -0.4 is 5.32 Å². The Labute approximate surface area is 544 Å². The number of carbonyl (C=O) groups is 2. The zero-order valence-electron chi connectivity index (χ0n) is 59.0. The summed E-state index contributed by atoms with van der Waals surface area (Å²) >= 11 is 0. The van der Waals surface area contributed by atoms with Gasteiger partial charge in [0.2, 0.25) is 5.91 Å². The van der Waals surface area contributed by atoms with E-state index < -0.39 is 12.1 Å². The average Bonchev–Trinajstić information content (AvgIpc) is 3.56. The molecule has 0 aromatic carbocycles. The third-order valence-corrected chi connectivity index (χ3v) is 18.7. The number of hydrogen-bond donors (Lipinski definition) is 3. The first-order valence-corrected chi connectivity index (χ1v) is 39.7. The van der Waals surface area contributed by atoms with E-state index in [4.69, 9.17) is 4.74 Å². The van der Waals surface area contributed by atoms with Gasteiger partial charge in [0, 0.05) is 12.8 Å². The number of carbonyl (C=O) groups excluding carboxylic acids is 2. The van der Waals surface area contributed by atoms with E-state index in [1.807, 2.05) is 0 Å². The third kappa shape index (κ3) is 73.0. The van der Waals surface area contributed by atoms with Gasteiger partial charge in [-0.2, -0.15) is 0 Å². The fourth-order valence-electron chi connectivity index (χ4n) is 12.6. The number of unbranched alkanes of at least 4 members (excludes halogenated alkanes) is 58. The second-order valence-corrected chi connectivity index (χ2v) is 27.4. The first-order chi connectivity index (χ1) is 43.0. The van der Waals surface area contributed by atoms with Crippen molar-refractivity contribution in [1.82, 2.24) is 5.32 Å². The highest BCUT2D eigenvalue weighted by molar-refractivity contribution is 5.76. The lowest BCUT2D eigenvalue weighted by molar-refractivity contribution is -0.143. The highest BCUT2D eigenvalue weighted by Crippen LogP contribution is 2.20. The molecule has 0 fully saturated rings. The van der Waals surface area contributed by atoms with Gasteiger partial charge in [-0.25, -0.2) is 0 Å². The Morgan fingerprint density at radius 1 is 0.322 bits per heavy atom. The van der Waals surface area contributed by atoms with Crippen LogP contribution in [0.5, 0.6) is 0 Å². The van der Waals surface area contributed by atoms with Crippen molar-refractivity contribution in [2.24, 2.45) is 0 Å². The largest absolute Gasteiger partial charge is 0.466 e. The van der Waals surface area contributed by atoms with Gasteiger partial charge >= 0.3 is 5.97 Å². The Kier molecular flexibility index (Phi) is 74.8. The summed E-state index contributed by atoms with van der Waals surface area (Å²) in [5.74, 6) is -0.0153. The van der Waals surface area contributed by atoms with E-state index in [0.717, 1.165) is 51.4 Å². The number of esters is 1. The Bertz CT molecular complexity index is 1410. The second kappa shape index (κ2) is 76.5. The van der Waals surface area contributed by atoms with E-state index in [-0.39, 0.29) is 18.5 Å². The molecule has 2 atom stereocenters. The fourth-order valence-corrected chi connectivity index (χ4v) is 12.6. The summed E-state index contributed by atoms with van der Waals surface area (Å²) in [5.41, 5.74) is 0. The average molecular weight is 1220 g/mol. The van der Waals surface area contributed by atoms with Crippen molar-refractivity contribution in [1.29, 1.82) is 0 Å². The molecule has 0 spiro atoms. The first kappa shape index (κ1) is 85.1. The highest BCUT2D eigenvalue weighted by atomic mass is 16.5. The lowest BCUT2D eigenvalue weighted by atomic mass is 10.0. The molecule has 1 amide bonds. The molecular weight excluding hydrogens is 1070 g/mol. The van der Waals surface area contributed by atoms with Gasteiger partial charge in [0.05, 0.1) is 25.4 Å². The van der Waals surface area contributed by atoms with E-state index in [0.29, 0.717) is 25.9 Å². The molecule has 0 aliphatic rings. The lowest BCUT2D eigenvalue weighted by Crippen LogP contribution is -2.45. The second-order valence-electron chi connectivity index (χ2n) is 27.4. The summed E-state index contributed by atoms with van der Waals surface area (Å²) in [6.45, 7) is 4.98. The molecule has 0 rings (SSSR count). The molecule has 0 saturated carbocycles. The van der Waals surface area contributed by atoms with Gasteiger partial charge in [0.1, 0.15) is 0 Å². The van der Waals surface area contributed by atoms with Crippen molar-refractivity contribution in [2.75, 3.05) is 13.2 Å². The number of aliphatic hydroxyl groups excluding tert-OH is 2. The predicted octanol–water partition coefficient (Wildman–Crippen LogP) is 26.2. The molecule has 0 radical (unpaired) electrons. The van der Waals surface area contributed by atoms with Crippen molar-refractivity contribution in [3.63, 3.8) is 0 Å². The zero-order valence-corrected chi connectivity index (χ0v) is 59.0. The van der Waals surface area contributed by atoms with E-state index in [1.54, 1.807) is 0 Å². The van der Waals surface area contributed by atoms with Crippen LogP contribution in [0.25, 0.3) is 0 Å². The molecule has 0 bridgehead atoms. The number of nitrogens with one attached hydrogen (secondary N) is 1. The lowest BCUT2D eigenvalue weighted by Gasteiger charge is -2.22. The molecule has 0 aliphatic carbocycles. The van der Waals surface area contributed by atoms with Crippen molar-refractivity contribution in [3.8, 4) is 0 Å². The fraction of sp³-hybridized carbons (Fsp3) is 0.901. The van der Waals surface area contributed by atoms with Crippen LogP contribution >= 0.6 is 0 Å².